The average molecular weight is 387 g/mol. The highest BCUT2D eigenvalue weighted by Gasteiger charge is 2.31. The molecule has 0 fully saturated rings. The minimum absolute atomic E-state index is 0.0688. The third-order valence-corrected chi connectivity index (χ3v) is 4.73. The molecule has 0 saturated heterocycles. The van der Waals surface area contributed by atoms with Gasteiger partial charge in [0, 0.05) is 19.8 Å². The molecule has 6 heteroatoms. The average Bonchev–Trinajstić information content (AvgIpc) is 2.72. The maximum Gasteiger partial charge on any atom is 0.270 e. The van der Waals surface area contributed by atoms with Gasteiger partial charge in [-0.25, -0.2) is 4.39 Å². The summed E-state index contributed by atoms with van der Waals surface area (Å²) in [5.41, 5.74) is 2.37. The van der Waals surface area contributed by atoms with Crippen LogP contribution < -0.4 is 9.64 Å². The van der Waals surface area contributed by atoms with Gasteiger partial charge in [-0.05, 0) is 49.1 Å². The monoisotopic (exact) mass is 387 g/mol. The number of benzene rings is 1. The van der Waals surface area contributed by atoms with E-state index in [0.717, 1.165) is 29.3 Å². The second-order valence-corrected chi connectivity index (χ2v) is 6.70. The van der Waals surface area contributed by atoms with E-state index in [-0.39, 0.29) is 12.5 Å². The number of rotatable bonds is 7. The van der Waals surface area contributed by atoms with Crippen LogP contribution in [0.2, 0.25) is 0 Å². The first-order valence-electron chi connectivity index (χ1n) is 9.66. The fourth-order valence-electron chi connectivity index (χ4n) is 3.19. The lowest BCUT2D eigenvalue weighted by Gasteiger charge is -2.34. The lowest BCUT2D eigenvalue weighted by molar-refractivity contribution is -0.126. The summed E-state index contributed by atoms with van der Waals surface area (Å²) in [5.74, 6) is 1.25. The second-order valence-electron chi connectivity index (χ2n) is 6.70. The first-order valence-corrected chi connectivity index (χ1v) is 9.66. The molecule has 1 amide bonds. The number of anilines is 1. The number of hydrogen-bond donors (Lipinski definition) is 0. The van der Waals surface area contributed by atoms with E-state index < -0.39 is 6.17 Å². The summed E-state index contributed by atoms with van der Waals surface area (Å²) in [6, 6.07) is 7.48. The summed E-state index contributed by atoms with van der Waals surface area (Å²) in [6.07, 6.45) is 4.86. The van der Waals surface area contributed by atoms with Gasteiger partial charge in [0.15, 0.2) is 0 Å². The highest BCUT2D eigenvalue weighted by molar-refractivity contribution is 6.18. The number of carbonyl (C=O) groups is 1. The van der Waals surface area contributed by atoms with Crippen LogP contribution in [0.3, 0.4) is 0 Å². The maximum absolute atomic E-state index is 13.8. The Hall–Kier alpha value is -2.63. The van der Waals surface area contributed by atoms with Gasteiger partial charge in [0.1, 0.15) is 23.5 Å². The molecule has 1 aromatic carbocycles. The molecule has 0 saturated carbocycles. The van der Waals surface area contributed by atoms with Crippen LogP contribution in [0.1, 0.15) is 33.1 Å². The molecule has 2 rings (SSSR count). The molecule has 1 aliphatic rings. The standard InChI is InChI=1S/C22H30FN3O2/c1-6-8-16-9-14-20(22(27)25(4)15-17(23)7-2)26(21(16)24-3)18-10-12-19(28-5)13-11-18/h8,10-14,17H,6-7,9,15H2,1-5H3/b16-8-,24-21?. The summed E-state index contributed by atoms with van der Waals surface area (Å²) in [7, 11) is 4.97. The molecule has 0 N–H and O–H groups in total. The molecule has 0 aromatic heterocycles. The molecule has 0 spiro atoms. The van der Waals surface area contributed by atoms with E-state index in [0.29, 0.717) is 18.5 Å². The maximum atomic E-state index is 13.8. The predicted octanol–water partition coefficient (Wildman–Crippen LogP) is 4.36. The SMILES string of the molecule is CC/C=C1/CC=C(C(=O)N(C)CC(F)CC)N(c2ccc(OC)cc2)C1=NC. The topological polar surface area (TPSA) is 45.1 Å². The van der Waals surface area contributed by atoms with E-state index in [9.17, 15) is 9.18 Å². The summed E-state index contributed by atoms with van der Waals surface area (Å²) >= 11 is 0. The number of nitrogens with zero attached hydrogens (tertiary/aromatic N) is 3. The number of methoxy groups -OCH3 is 1. The molecule has 1 aliphatic heterocycles. The Balaban J connectivity index is 2.47. The molecule has 1 atom stereocenters. The molecule has 152 valence electrons. The van der Waals surface area contributed by atoms with Gasteiger partial charge in [0.05, 0.1) is 13.7 Å². The number of aliphatic imine (C=N–C) groups is 1. The lowest BCUT2D eigenvalue weighted by Crippen LogP contribution is -2.43. The van der Waals surface area contributed by atoms with E-state index in [1.165, 1.54) is 4.90 Å². The van der Waals surface area contributed by atoms with Crippen LogP contribution in [0.4, 0.5) is 10.1 Å². The zero-order valence-electron chi connectivity index (χ0n) is 17.4. The number of amidine groups is 1. The van der Waals surface area contributed by atoms with Gasteiger partial charge in [-0.1, -0.05) is 26.0 Å². The first kappa shape index (κ1) is 21.7. The Labute approximate surface area is 167 Å². The normalized spacial score (nSPS) is 18.2. The molecular weight excluding hydrogens is 357 g/mol. The Morgan fingerprint density at radius 2 is 2.04 bits per heavy atom. The molecular formula is C22H30FN3O2. The molecule has 0 radical (unpaired) electrons. The number of likely N-dealkylation sites (N-methyl/N-ethyl adjacent to an activating group) is 1. The molecule has 0 aliphatic carbocycles. The van der Waals surface area contributed by atoms with Crippen molar-refractivity contribution in [2.45, 2.75) is 39.3 Å². The van der Waals surface area contributed by atoms with Gasteiger partial charge in [-0.15, -0.1) is 0 Å². The minimum atomic E-state index is -1.04. The largest absolute Gasteiger partial charge is 0.497 e. The fraction of sp³-hybridized carbons (Fsp3) is 0.455. The zero-order valence-corrected chi connectivity index (χ0v) is 17.4. The van der Waals surface area contributed by atoms with E-state index >= 15 is 0 Å². The van der Waals surface area contributed by atoms with E-state index in [4.69, 9.17) is 4.74 Å². The third-order valence-electron chi connectivity index (χ3n) is 4.73. The van der Waals surface area contributed by atoms with Crippen molar-refractivity contribution in [2.24, 2.45) is 4.99 Å². The molecule has 0 bridgehead atoms. The Morgan fingerprint density at radius 1 is 1.36 bits per heavy atom. The number of alkyl halides is 1. The second kappa shape index (κ2) is 10.1. The van der Waals surface area contributed by atoms with Crippen LogP contribution >= 0.6 is 0 Å². The number of halogens is 1. The highest BCUT2D eigenvalue weighted by Crippen LogP contribution is 2.31. The first-order chi connectivity index (χ1) is 13.5. The van der Waals surface area contributed by atoms with Gasteiger partial charge < -0.3 is 9.64 Å². The molecule has 5 nitrogen and oxygen atoms in total. The van der Waals surface area contributed by atoms with Crippen molar-refractivity contribution < 1.29 is 13.9 Å². The predicted molar refractivity (Wildman–Crippen MR) is 113 cm³/mol. The van der Waals surface area contributed by atoms with Crippen molar-refractivity contribution in [3.05, 3.63) is 47.7 Å². The van der Waals surface area contributed by atoms with Crippen LogP contribution in [0.25, 0.3) is 0 Å². The van der Waals surface area contributed by atoms with Crippen molar-refractivity contribution in [1.82, 2.24) is 4.90 Å². The zero-order chi connectivity index (χ0) is 20.7. The highest BCUT2D eigenvalue weighted by atomic mass is 19.1. The molecule has 1 aromatic rings. The number of carbonyl (C=O) groups excluding carboxylic acids is 1. The Kier molecular flexibility index (Phi) is 7.79. The smallest absolute Gasteiger partial charge is 0.270 e. The van der Waals surface area contributed by atoms with E-state index in [1.807, 2.05) is 35.2 Å². The molecule has 28 heavy (non-hydrogen) atoms. The van der Waals surface area contributed by atoms with Gasteiger partial charge in [-0.3, -0.25) is 14.7 Å². The Bertz CT molecular complexity index is 768. The van der Waals surface area contributed by atoms with Crippen molar-refractivity contribution in [3.8, 4) is 5.75 Å². The van der Waals surface area contributed by atoms with E-state index in [1.54, 1.807) is 28.1 Å². The number of allylic oxidation sites excluding steroid dienone is 2. The van der Waals surface area contributed by atoms with Crippen molar-refractivity contribution in [2.75, 3.05) is 32.6 Å². The van der Waals surface area contributed by atoms with Crippen LogP contribution in [0.5, 0.6) is 5.75 Å². The third kappa shape index (κ3) is 4.80. The lowest BCUT2D eigenvalue weighted by atomic mass is 10.0. The summed E-state index contributed by atoms with van der Waals surface area (Å²) in [5, 5.41) is 0. The summed E-state index contributed by atoms with van der Waals surface area (Å²) in [6.45, 7) is 3.91. The Morgan fingerprint density at radius 3 is 2.57 bits per heavy atom. The number of hydrogen-bond acceptors (Lipinski definition) is 3. The summed E-state index contributed by atoms with van der Waals surface area (Å²) < 4.78 is 19.1. The fourth-order valence-corrected chi connectivity index (χ4v) is 3.19. The van der Waals surface area contributed by atoms with Crippen LogP contribution in [0, 0.1) is 0 Å². The van der Waals surface area contributed by atoms with Crippen molar-refractivity contribution >= 4 is 17.4 Å². The van der Waals surface area contributed by atoms with Gasteiger partial charge in [0.25, 0.3) is 5.91 Å². The summed E-state index contributed by atoms with van der Waals surface area (Å²) in [4.78, 5) is 20.9. The van der Waals surface area contributed by atoms with Crippen LogP contribution in [-0.2, 0) is 4.79 Å². The number of ether oxygens (including phenoxy) is 1. The quantitative estimate of drug-likeness (QED) is 0.698. The van der Waals surface area contributed by atoms with Gasteiger partial charge in [0.2, 0.25) is 0 Å². The van der Waals surface area contributed by atoms with Gasteiger partial charge >= 0.3 is 0 Å². The van der Waals surface area contributed by atoms with E-state index in [2.05, 4.69) is 18.0 Å². The molecule has 1 heterocycles. The number of amides is 1. The van der Waals surface area contributed by atoms with Crippen molar-refractivity contribution in [3.63, 3.8) is 0 Å². The minimum Gasteiger partial charge on any atom is -0.497 e. The van der Waals surface area contributed by atoms with Crippen LogP contribution in [-0.4, -0.2) is 50.6 Å². The van der Waals surface area contributed by atoms with Gasteiger partial charge in [-0.2, -0.15) is 0 Å². The molecule has 1 unspecified atom stereocenters. The van der Waals surface area contributed by atoms with Crippen LogP contribution in [0.15, 0.2) is 52.7 Å². The van der Waals surface area contributed by atoms with Crippen molar-refractivity contribution in [1.29, 1.82) is 0 Å².